The second-order valence-corrected chi connectivity index (χ2v) is 3.73. The summed E-state index contributed by atoms with van der Waals surface area (Å²) < 4.78 is 126. The summed E-state index contributed by atoms with van der Waals surface area (Å²) in [5, 5.41) is 0. The Labute approximate surface area is 109 Å². The number of rotatable bonds is 1. The van der Waals surface area contributed by atoms with Crippen LogP contribution in [0.1, 0.15) is 16.7 Å². The molecule has 12 heteroatoms. The van der Waals surface area contributed by atoms with E-state index < -0.39 is 46.6 Å². The van der Waals surface area contributed by atoms with Gasteiger partial charge in [0.05, 0.1) is 22.4 Å². The first-order valence-corrected chi connectivity index (χ1v) is 4.76. The summed E-state index contributed by atoms with van der Waals surface area (Å²) in [6, 6.07) is -0.207. The third-order valence-electron chi connectivity index (χ3n) is 2.31. The van der Waals surface area contributed by atoms with Gasteiger partial charge in [-0.05, 0) is 6.07 Å². The predicted octanol–water partition coefficient (Wildman–Crippen LogP) is 4.62. The lowest BCUT2D eigenvalue weighted by Gasteiger charge is -2.23. The Kier molecular flexibility index (Phi) is 3.96. The van der Waals surface area contributed by atoms with Crippen molar-refractivity contribution in [1.82, 2.24) is 0 Å². The number of hydrogen-bond donors (Lipinski definition) is 2. The highest BCUT2D eigenvalue weighted by molar-refractivity contribution is 5.69. The Bertz CT molecular complexity index is 539. The zero-order valence-electron chi connectivity index (χ0n) is 9.43. The zero-order chi connectivity index (χ0) is 16.8. The standard InChI is InChI=1S/C9H4F10N2/c10-7(11,12)4-2(20)1-3(21-19)5(8(13,14)15)6(4)9(16,17)18/h1,21H,20H2. The number of halogens is 10. The number of hydrogen-bond acceptors (Lipinski definition) is 2. The van der Waals surface area contributed by atoms with Gasteiger partial charge in [0.15, 0.2) is 0 Å². The highest BCUT2D eigenvalue weighted by Crippen LogP contribution is 2.51. The van der Waals surface area contributed by atoms with Crippen molar-refractivity contribution in [2.45, 2.75) is 18.5 Å². The van der Waals surface area contributed by atoms with Gasteiger partial charge in [-0.15, -0.1) is 4.48 Å². The average molecular weight is 330 g/mol. The number of nitrogens with one attached hydrogen (secondary N) is 1. The molecule has 0 aromatic heterocycles. The van der Waals surface area contributed by atoms with E-state index in [0.29, 0.717) is 0 Å². The van der Waals surface area contributed by atoms with Crippen molar-refractivity contribution in [2.24, 2.45) is 0 Å². The van der Waals surface area contributed by atoms with Crippen LogP contribution in [0.2, 0.25) is 0 Å². The maximum Gasteiger partial charge on any atom is 0.419 e. The van der Waals surface area contributed by atoms with E-state index in [1.165, 1.54) is 0 Å². The van der Waals surface area contributed by atoms with E-state index in [2.05, 4.69) is 0 Å². The summed E-state index contributed by atoms with van der Waals surface area (Å²) in [6.45, 7) is 0. The van der Waals surface area contributed by atoms with Crippen LogP contribution >= 0.6 is 0 Å². The molecule has 0 saturated carbocycles. The van der Waals surface area contributed by atoms with Crippen molar-refractivity contribution < 1.29 is 44.0 Å². The highest BCUT2D eigenvalue weighted by atomic mass is 19.4. The molecule has 0 spiro atoms. The van der Waals surface area contributed by atoms with Crippen molar-refractivity contribution in [1.29, 1.82) is 0 Å². The van der Waals surface area contributed by atoms with E-state index in [9.17, 15) is 44.0 Å². The molecule has 3 N–H and O–H groups in total. The normalized spacial score (nSPS) is 13.4. The summed E-state index contributed by atoms with van der Waals surface area (Å²) in [5.74, 6) is 0. The van der Waals surface area contributed by atoms with Crippen molar-refractivity contribution in [2.75, 3.05) is 11.3 Å². The van der Waals surface area contributed by atoms with E-state index in [-0.39, 0.29) is 11.6 Å². The molecule has 0 amide bonds. The van der Waals surface area contributed by atoms with Crippen LogP contribution in [-0.2, 0) is 18.5 Å². The number of benzene rings is 1. The van der Waals surface area contributed by atoms with Crippen LogP contribution < -0.4 is 11.3 Å². The van der Waals surface area contributed by atoms with E-state index in [1.54, 1.807) is 0 Å². The van der Waals surface area contributed by atoms with Crippen molar-refractivity contribution in [3.8, 4) is 0 Å². The molecule has 0 saturated heterocycles. The van der Waals surface area contributed by atoms with Gasteiger partial charge in [0.25, 0.3) is 0 Å². The van der Waals surface area contributed by atoms with E-state index in [1.807, 2.05) is 0 Å². The first kappa shape index (κ1) is 17.2. The minimum atomic E-state index is -6.06. The quantitative estimate of drug-likeness (QED) is 0.448. The lowest BCUT2D eigenvalue weighted by molar-refractivity contribution is -0.174. The van der Waals surface area contributed by atoms with Crippen LogP contribution in [-0.4, -0.2) is 0 Å². The first-order valence-electron chi connectivity index (χ1n) is 4.76. The van der Waals surface area contributed by atoms with Crippen molar-refractivity contribution >= 4 is 11.4 Å². The molecule has 0 radical (unpaired) electrons. The minimum absolute atomic E-state index is 0.207. The summed E-state index contributed by atoms with van der Waals surface area (Å²) >= 11 is 0. The molecule has 21 heavy (non-hydrogen) atoms. The Morgan fingerprint density at radius 2 is 1.10 bits per heavy atom. The number of nitrogens with two attached hydrogens (primary N) is 1. The maximum absolute atomic E-state index is 12.7. The third-order valence-corrected chi connectivity index (χ3v) is 2.31. The second kappa shape index (κ2) is 4.84. The van der Waals surface area contributed by atoms with Crippen LogP contribution in [0.4, 0.5) is 55.4 Å². The Hall–Kier alpha value is -1.88. The first-order chi connectivity index (χ1) is 9.21. The van der Waals surface area contributed by atoms with Gasteiger partial charge in [-0.3, -0.25) is 0 Å². The van der Waals surface area contributed by atoms with Gasteiger partial charge >= 0.3 is 18.5 Å². The molecule has 1 aromatic carbocycles. The van der Waals surface area contributed by atoms with Gasteiger partial charge in [0.1, 0.15) is 0 Å². The summed E-state index contributed by atoms with van der Waals surface area (Å²) in [4.78, 5) is 0. The maximum atomic E-state index is 12.7. The molecule has 1 aromatic rings. The van der Waals surface area contributed by atoms with Gasteiger partial charge in [0.2, 0.25) is 0 Å². The van der Waals surface area contributed by atoms with Crippen LogP contribution in [0.3, 0.4) is 0 Å². The monoisotopic (exact) mass is 330 g/mol. The Balaban J connectivity index is 4.02. The smallest absolute Gasteiger partial charge is 0.398 e. The number of alkyl halides is 9. The molecule has 1 rings (SSSR count). The predicted molar refractivity (Wildman–Crippen MR) is 50.6 cm³/mol. The lowest BCUT2D eigenvalue weighted by atomic mass is 9.96. The SMILES string of the molecule is Nc1cc(NF)c(C(F)(F)F)c(C(F)(F)F)c1C(F)(F)F. The second-order valence-electron chi connectivity index (χ2n) is 3.73. The average Bonchev–Trinajstić information content (AvgIpc) is 2.22. The zero-order valence-corrected chi connectivity index (χ0v) is 9.43. The van der Waals surface area contributed by atoms with Crippen LogP contribution in [0, 0.1) is 0 Å². The lowest BCUT2D eigenvalue weighted by Crippen LogP contribution is -2.25. The molecule has 0 aliphatic rings. The van der Waals surface area contributed by atoms with Gasteiger partial charge in [-0.2, -0.15) is 39.5 Å². The molecular weight excluding hydrogens is 326 g/mol. The van der Waals surface area contributed by atoms with Gasteiger partial charge < -0.3 is 5.73 Å². The van der Waals surface area contributed by atoms with E-state index >= 15 is 0 Å². The van der Waals surface area contributed by atoms with Gasteiger partial charge in [0, 0.05) is 5.69 Å². The van der Waals surface area contributed by atoms with Crippen LogP contribution in [0.15, 0.2) is 6.07 Å². The molecular formula is C9H4F10N2. The van der Waals surface area contributed by atoms with Crippen molar-refractivity contribution in [3.05, 3.63) is 22.8 Å². The molecule has 0 fully saturated rings. The Morgan fingerprint density at radius 3 is 1.38 bits per heavy atom. The van der Waals surface area contributed by atoms with Crippen LogP contribution in [0.25, 0.3) is 0 Å². The number of nitrogen functional groups attached to an aromatic ring is 1. The minimum Gasteiger partial charge on any atom is -0.398 e. The summed E-state index contributed by atoms with van der Waals surface area (Å²) in [5.41, 5.74) is -7.24. The van der Waals surface area contributed by atoms with Gasteiger partial charge in [-0.25, -0.2) is 5.54 Å². The molecule has 0 heterocycles. The molecule has 0 unspecified atom stereocenters. The summed E-state index contributed by atoms with van der Waals surface area (Å²) in [6.07, 6.45) is -17.8. The molecule has 0 atom stereocenters. The largest absolute Gasteiger partial charge is 0.419 e. The van der Waals surface area contributed by atoms with Gasteiger partial charge in [-0.1, -0.05) is 0 Å². The molecule has 0 aliphatic carbocycles. The molecule has 0 aliphatic heterocycles. The fourth-order valence-electron chi connectivity index (χ4n) is 1.66. The third kappa shape index (κ3) is 3.24. The molecule has 120 valence electrons. The topological polar surface area (TPSA) is 38.0 Å². The fraction of sp³-hybridized carbons (Fsp3) is 0.333. The summed E-state index contributed by atoms with van der Waals surface area (Å²) in [7, 11) is 0. The fourth-order valence-corrected chi connectivity index (χ4v) is 1.66. The van der Waals surface area contributed by atoms with Crippen LogP contribution in [0.5, 0.6) is 0 Å². The highest BCUT2D eigenvalue weighted by Gasteiger charge is 2.52. The number of anilines is 2. The molecule has 2 nitrogen and oxygen atoms in total. The Morgan fingerprint density at radius 1 is 0.714 bits per heavy atom. The van der Waals surface area contributed by atoms with E-state index in [4.69, 9.17) is 5.73 Å². The molecule has 0 bridgehead atoms. The van der Waals surface area contributed by atoms with Crippen molar-refractivity contribution in [3.63, 3.8) is 0 Å². The van der Waals surface area contributed by atoms with E-state index in [0.717, 1.165) is 0 Å².